The van der Waals surface area contributed by atoms with E-state index in [-0.39, 0.29) is 6.04 Å². The first-order valence-corrected chi connectivity index (χ1v) is 10.3. The second-order valence-electron chi connectivity index (χ2n) is 7.43. The molecule has 2 saturated heterocycles. The number of aliphatic hydroxyl groups is 2. The number of nitrogens with one attached hydrogen (secondary N) is 1. The Kier molecular flexibility index (Phi) is 5.48. The summed E-state index contributed by atoms with van der Waals surface area (Å²) >= 11 is 6.13. The molecule has 10 heteroatoms. The number of fused-ring (bicyclic) bond motifs is 1. The Bertz CT molecular complexity index is 1150. The molecule has 5 atom stereocenters. The van der Waals surface area contributed by atoms with Crippen LogP contribution >= 0.6 is 11.6 Å². The van der Waals surface area contributed by atoms with Gasteiger partial charge in [-0.15, -0.1) is 0 Å². The van der Waals surface area contributed by atoms with Gasteiger partial charge in [-0.1, -0.05) is 35.6 Å². The number of anilines is 1. The van der Waals surface area contributed by atoms with Gasteiger partial charge in [0.2, 0.25) is 0 Å². The molecule has 0 saturated carbocycles. The number of halogens is 1. The van der Waals surface area contributed by atoms with Gasteiger partial charge in [-0.25, -0.2) is 15.0 Å². The Morgan fingerprint density at radius 2 is 2.03 bits per heavy atom. The highest BCUT2D eigenvalue weighted by atomic mass is 35.5. The standard InChI is InChI=1S/C21H20ClN5O4/c22-14-4-2-1-3-12(14)5-6-15-17(28)18(29)21(31-15)27-11-25-16-19(23-10-24-20(16)27)26-13-7-8-30-9-13/h1-4,10-11,13,15,17-18,21,28-29H,7-9H2,(H,23,24,26)/t13?,15-,17-,18-,21-/m1/s1. The molecule has 0 bridgehead atoms. The molecule has 2 aliphatic rings. The zero-order valence-corrected chi connectivity index (χ0v) is 17.1. The molecule has 2 fully saturated rings. The largest absolute Gasteiger partial charge is 0.386 e. The van der Waals surface area contributed by atoms with Crippen LogP contribution in [0.5, 0.6) is 0 Å². The molecule has 1 aromatic carbocycles. The minimum atomic E-state index is -1.21. The van der Waals surface area contributed by atoms with Crippen molar-refractivity contribution in [3.63, 3.8) is 0 Å². The molecule has 160 valence electrons. The molecular weight excluding hydrogens is 422 g/mol. The summed E-state index contributed by atoms with van der Waals surface area (Å²) in [6.45, 7) is 1.31. The maximum atomic E-state index is 10.6. The van der Waals surface area contributed by atoms with Crippen molar-refractivity contribution >= 4 is 28.6 Å². The maximum absolute atomic E-state index is 10.6. The first kappa shape index (κ1) is 20.2. The highest BCUT2D eigenvalue weighted by Crippen LogP contribution is 2.32. The van der Waals surface area contributed by atoms with Crippen molar-refractivity contribution in [1.29, 1.82) is 0 Å². The predicted octanol–water partition coefficient (Wildman–Crippen LogP) is 1.35. The lowest BCUT2D eigenvalue weighted by Crippen LogP contribution is -2.31. The van der Waals surface area contributed by atoms with Gasteiger partial charge < -0.3 is 25.0 Å². The minimum Gasteiger partial charge on any atom is -0.386 e. The van der Waals surface area contributed by atoms with E-state index < -0.39 is 24.5 Å². The SMILES string of the molecule is O[C@@H]1[C@H](O)[C@@H](C#Cc2ccccc2Cl)O[C@H]1n1cnc2c(NC3CCOC3)ncnc21. The maximum Gasteiger partial charge on any atom is 0.167 e. The molecule has 31 heavy (non-hydrogen) atoms. The van der Waals surface area contributed by atoms with Crippen molar-refractivity contribution < 1.29 is 19.7 Å². The third-order valence-corrected chi connectivity index (χ3v) is 5.69. The number of ether oxygens (including phenoxy) is 2. The van der Waals surface area contributed by atoms with E-state index in [1.807, 2.05) is 12.1 Å². The normalized spacial score (nSPS) is 27.9. The van der Waals surface area contributed by atoms with Crippen LogP contribution in [0.3, 0.4) is 0 Å². The van der Waals surface area contributed by atoms with E-state index in [4.69, 9.17) is 21.1 Å². The molecule has 0 radical (unpaired) electrons. The monoisotopic (exact) mass is 441 g/mol. The van der Waals surface area contributed by atoms with Gasteiger partial charge in [0.15, 0.2) is 23.2 Å². The van der Waals surface area contributed by atoms with Crippen LogP contribution < -0.4 is 5.32 Å². The van der Waals surface area contributed by atoms with Crippen LogP contribution in [0.2, 0.25) is 5.02 Å². The first-order valence-electron chi connectivity index (χ1n) is 9.91. The molecule has 2 aliphatic heterocycles. The summed E-state index contributed by atoms with van der Waals surface area (Å²) in [5.74, 6) is 6.35. The molecule has 9 nitrogen and oxygen atoms in total. The summed E-state index contributed by atoms with van der Waals surface area (Å²) in [4.78, 5) is 13.0. The van der Waals surface area contributed by atoms with Crippen LogP contribution in [0.25, 0.3) is 11.2 Å². The Hall–Kier alpha value is -2.74. The molecule has 0 amide bonds. The average molecular weight is 442 g/mol. The van der Waals surface area contributed by atoms with Gasteiger partial charge >= 0.3 is 0 Å². The van der Waals surface area contributed by atoms with Crippen LogP contribution in [0.4, 0.5) is 5.82 Å². The fraction of sp³-hybridized carbons (Fsp3) is 0.381. The third-order valence-electron chi connectivity index (χ3n) is 5.36. The molecule has 2 aromatic heterocycles. The van der Waals surface area contributed by atoms with Gasteiger partial charge in [0.1, 0.15) is 24.6 Å². The molecule has 5 rings (SSSR count). The number of imidazole rings is 1. The lowest BCUT2D eigenvalue weighted by atomic mass is 10.1. The van der Waals surface area contributed by atoms with Crippen LogP contribution in [0, 0.1) is 11.8 Å². The van der Waals surface area contributed by atoms with Crippen molar-refractivity contribution in [3.05, 3.63) is 47.5 Å². The molecule has 3 aromatic rings. The summed E-state index contributed by atoms with van der Waals surface area (Å²) < 4.78 is 12.9. The number of aliphatic hydroxyl groups excluding tert-OH is 2. The van der Waals surface area contributed by atoms with Crippen molar-refractivity contribution in [2.24, 2.45) is 0 Å². The number of benzene rings is 1. The molecule has 0 spiro atoms. The second kappa shape index (κ2) is 8.42. The van der Waals surface area contributed by atoms with E-state index in [9.17, 15) is 10.2 Å². The quantitative estimate of drug-likeness (QED) is 0.522. The molecular formula is C21H20ClN5O4. The minimum absolute atomic E-state index is 0.155. The van der Waals surface area contributed by atoms with Gasteiger partial charge in [-0.2, -0.15) is 0 Å². The number of aromatic nitrogens is 4. The van der Waals surface area contributed by atoms with E-state index in [0.717, 1.165) is 6.42 Å². The summed E-state index contributed by atoms with van der Waals surface area (Å²) in [5, 5.41) is 24.9. The van der Waals surface area contributed by atoms with Gasteiger partial charge in [0.05, 0.1) is 24.0 Å². The lowest BCUT2D eigenvalue weighted by Gasteiger charge is -2.16. The molecule has 4 heterocycles. The Morgan fingerprint density at radius 1 is 1.16 bits per heavy atom. The van der Waals surface area contributed by atoms with Crippen LogP contribution in [0.15, 0.2) is 36.9 Å². The Labute approximate surface area is 183 Å². The summed E-state index contributed by atoms with van der Waals surface area (Å²) in [7, 11) is 0. The first-order chi connectivity index (χ1) is 15.1. The zero-order valence-electron chi connectivity index (χ0n) is 16.3. The Balaban J connectivity index is 1.41. The van der Waals surface area contributed by atoms with E-state index in [0.29, 0.717) is 40.8 Å². The number of hydrogen-bond donors (Lipinski definition) is 3. The number of rotatable bonds is 3. The average Bonchev–Trinajstić information content (AvgIpc) is 3.50. The van der Waals surface area contributed by atoms with Crippen molar-refractivity contribution in [3.8, 4) is 11.8 Å². The van der Waals surface area contributed by atoms with Crippen molar-refractivity contribution in [1.82, 2.24) is 19.5 Å². The topological polar surface area (TPSA) is 115 Å². The van der Waals surface area contributed by atoms with E-state index in [2.05, 4.69) is 32.1 Å². The van der Waals surface area contributed by atoms with Gasteiger partial charge in [-0.3, -0.25) is 4.57 Å². The second-order valence-corrected chi connectivity index (χ2v) is 7.84. The summed E-state index contributed by atoms with van der Waals surface area (Å²) in [5.41, 5.74) is 1.64. The molecule has 1 unspecified atom stereocenters. The summed E-state index contributed by atoms with van der Waals surface area (Å²) in [6, 6.07) is 7.29. The Morgan fingerprint density at radius 3 is 2.84 bits per heavy atom. The smallest absolute Gasteiger partial charge is 0.167 e. The van der Waals surface area contributed by atoms with Crippen LogP contribution in [-0.4, -0.2) is 67.3 Å². The third kappa shape index (κ3) is 3.84. The fourth-order valence-electron chi connectivity index (χ4n) is 3.71. The number of nitrogens with zero attached hydrogens (tertiary/aromatic N) is 4. The van der Waals surface area contributed by atoms with Crippen molar-refractivity contribution in [2.75, 3.05) is 18.5 Å². The van der Waals surface area contributed by atoms with E-state index in [1.165, 1.54) is 12.7 Å². The van der Waals surface area contributed by atoms with Gasteiger partial charge in [0.25, 0.3) is 0 Å². The van der Waals surface area contributed by atoms with Gasteiger partial charge in [0, 0.05) is 12.2 Å². The number of hydrogen-bond acceptors (Lipinski definition) is 8. The lowest BCUT2D eigenvalue weighted by molar-refractivity contribution is -0.0230. The highest BCUT2D eigenvalue weighted by molar-refractivity contribution is 6.31. The van der Waals surface area contributed by atoms with Gasteiger partial charge in [-0.05, 0) is 18.6 Å². The van der Waals surface area contributed by atoms with Crippen LogP contribution in [-0.2, 0) is 9.47 Å². The van der Waals surface area contributed by atoms with Crippen molar-refractivity contribution in [2.45, 2.75) is 37.0 Å². The summed E-state index contributed by atoms with van der Waals surface area (Å²) in [6.07, 6.45) is -0.392. The predicted molar refractivity (Wildman–Crippen MR) is 112 cm³/mol. The molecule has 0 aliphatic carbocycles. The molecule has 3 N–H and O–H groups in total. The van der Waals surface area contributed by atoms with Crippen LogP contribution in [0.1, 0.15) is 18.2 Å². The highest BCUT2D eigenvalue weighted by Gasteiger charge is 2.43. The zero-order chi connectivity index (χ0) is 21.4. The van der Waals surface area contributed by atoms with E-state index >= 15 is 0 Å². The fourth-order valence-corrected chi connectivity index (χ4v) is 3.89. The van der Waals surface area contributed by atoms with E-state index in [1.54, 1.807) is 16.7 Å².